The number of hydrogen-bond acceptors (Lipinski definition) is 4. The van der Waals surface area contributed by atoms with Gasteiger partial charge >= 0.3 is 11.9 Å². The summed E-state index contributed by atoms with van der Waals surface area (Å²) in [5.74, 6) is -1.88. The normalized spacial score (nSPS) is 12.6. The highest BCUT2D eigenvalue weighted by molar-refractivity contribution is 8.93. The van der Waals surface area contributed by atoms with Crippen LogP contribution in [0.1, 0.15) is 29.6 Å². The van der Waals surface area contributed by atoms with Crippen molar-refractivity contribution in [2.75, 3.05) is 13.1 Å². The molecule has 2 aromatic carbocycles. The Kier molecular flexibility index (Phi) is 9.57. The Hall–Kier alpha value is -2.22. The largest absolute Gasteiger partial charge is 0.480 e. The highest BCUT2D eigenvalue weighted by atomic mass is 79.9. The van der Waals surface area contributed by atoms with Gasteiger partial charge in [0.1, 0.15) is 12.1 Å². The van der Waals surface area contributed by atoms with Gasteiger partial charge in [-0.3, -0.25) is 9.59 Å². The van der Waals surface area contributed by atoms with Crippen molar-refractivity contribution < 1.29 is 19.8 Å². The first kappa shape index (κ1) is 21.8. The lowest BCUT2D eigenvalue weighted by atomic mass is 10.1. The fraction of sp³-hybridized carbons (Fsp3) is 0.263. The number of rotatable bonds is 10. The standard InChI is InChI=1S/C19H22N2O4.BrH/c22-18(23)16(14-8-3-1-4-9-14)20-12-7-13-21-17(19(24)25)15-10-5-2-6-11-15;/h1-6,8-11,16-17,20-21H,7,12-13H2,(H,22,23)(H,24,25);1H. The van der Waals surface area contributed by atoms with Gasteiger partial charge in [0.2, 0.25) is 0 Å². The van der Waals surface area contributed by atoms with Crippen LogP contribution in [0, 0.1) is 0 Å². The summed E-state index contributed by atoms with van der Waals surface area (Å²) in [5.41, 5.74) is 1.38. The van der Waals surface area contributed by atoms with E-state index in [2.05, 4.69) is 10.6 Å². The monoisotopic (exact) mass is 422 g/mol. The van der Waals surface area contributed by atoms with Crippen LogP contribution in [-0.2, 0) is 9.59 Å². The quantitative estimate of drug-likeness (QED) is 0.439. The van der Waals surface area contributed by atoms with E-state index in [0.717, 1.165) is 0 Å². The number of halogens is 1. The fourth-order valence-corrected chi connectivity index (χ4v) is 2.57. The van der Waals surface area contributed by atoms with Crippen LogP contribution in [0.25, 0.3) is 0 Å². The van der Waals surface area contributed by atoms with Crippen molar-refractivity contribution in [3.8, 4) is 0 Å². The highest BCUT2D eigenvalue weighted by Crippen LogP contribution is 2.14. The van der Waals surface area contributed by atoms with Crippen LogP contribution < -0.4 is 10.6 Å². The van der Waals surface area contributed by atoms with E-state index >= 15 is 0 Å². The molecule has 6 nitrogen and oxygen atoms in total. The van der Waals surface area contributed by atoms with Gasteiger partial charge < -0.3 is 20.8 Å². The highest BCUT2D eigenvalue weighted by Gasteiger charge is 2.20. The molecule has 2 rings (SSSR count). The third-order valence-corrected chi connectivity index (χ3v) is 3.81. The Morgan fingerprint density at radius 3 is 1.38 bits per heavy atom. The van der Waals surface area contributed by atoms with Crippen LogP contribution in [0.4, 0.5) is 0 Å². The van der Waals surface area contributed by atoms with Crippen molar-refractivity contribution in [3.05, 3.63) is 71.8 Å². The first-order valence-corrected chi connectivity index (χ1v) is 8.12. The number of aliphatic carboxylic acids is 2. The van der Waals surface area contributed by atoms with E-state index in [4.69, 9.17) is 0 Å². The molecule has 0 amide bonds. The molecule has 2 unspecified atom stereocenters. The zero-order valence-corrected chi connectivity index (χ0v) is 15.9. The second kappa shape index (κ2) is 11.4. The smallest absolute Gasteiger partial charge is 0.325 e. The zero-order chi connectivity index (χ0) is 18.1. The maximum absolute atomic E-state index is 11.4. The number of carboxylic acid groups (broad SMARTS) is 2. The molecule has 7 heteroatoms. The summed E-state index contributed by atoms with van der Waals surface area (Å²) in [4.78, 5) is 22.8. The summed E-state index contributed by atoms with van der Waals surface area (Å²) in [6.45, 7) is 0.917. The number of benzene rings is 2. The van der Waals surface area contributed by atoms with Gasteiger partial charge in [-0.15, -0.1) is 17.0 Å². The molecule has 26 heavy (non-hydrogen) atoms. The lowest BCUT2D eigenvalue weighted by Crippen LogP contribution is -2.33. The number of hydrogen-bond donors (Lipinski definition) is 4. The molecule has 0 radical (unpaired) electrons. The van der Waals surface area contributed by atoms with Crippen molar-refractivity contribution in [2.45, 2.75) is 18.5 Å². The molecule has 0 saturated heterocycles. The molecule has 0 aliphatic rings. The predicted molar refractivity (Wildman–Crippen MR) is 105 cm³/mol. The van der Waals surface area contributed by atoms with E-state index in [1.165, 1.54) is 0 Å². The first-order chi connectivity index (χ1) is 12.1. The molecule has 0 aliphatic carbocycles. The summed E-state index contributed by atoms with van der Waals surface area (Å²) in [6.07, 6.45) is 0.604. The maximum atomic E-state index is 11.4. The minimum absolute atomic E-state index is 0. The van der Waals surface area contributed by atoms with Crippen LogP contribution in [0.5, 0.6) is 0 Å². The Balaban J connectivity index is 0.00000338. The van der Waals surface area contributed by atoms with E-state index in [9.17, 15) is 19.8 Å². The number of carbonyl (C=O) groups is 2. The average Bonchev–Trinajstić information content (AvgIpc) is 2.62. The van der Waals surface area contributed by atoms with Crippen molar-refractivity contribution >= 4 is 28.9 Å². The topological polar surface area (TPSA) is 98.7 Å². The van der Waals surface area contributed by atoms with Gasteiger partial charge in [0.15, 0.2) is 0 Å². The molecule has 0 heterocycles. The van der Waals surface area contributed by atoms with Crippen molar-refractivity contribution in [2.24, 2.45) is 0 Å². The Bertz CT molecular complexity index is 623. The van der Waals surface area contributed by atoms with Crippen LogP contribution in [-0.4, -0.2) is 35.2 Å². The van der Waals surface area contributed by atoms with Crippen LogP contribution >= 0.6 is 17.0 Å². The van der Waals surface area contributed by atoms with Crippen molar-refractivity contribution in [3.63, 3.8) is 0 Å². The molecule has 0 bridgehead atoms. The summed E-state index contributed by atoms with van der Waals surface area (Å²) in [6, 6.07) is 16.4. The predicted octanol–water partition coefficient (Wildman–Crippen LogP) is 2.79. The number of nitrogens with one attached hydrogen (secondary N) is 2. The van der Waals surface area contributed by atoms with E-state index < -0.39 is 24.0 Å². The van der Waals surface area contributed by atoms with Crippen LogP contribution in [0.15, 0.2) is 60.7 Å². The Morgan fingerprint density at radius 1 is 0.731 bits per heavy atom. The SMILES string of the molecule is Br.O=C(O)C(NCCCNC(C(=O)O)c1ccccc1)c1ccccc1. The molecule has 0 aliphatic heterocycles. The fourth-order valence-electron chi connectivity index (χ4n) is 2.57. The molecule has 2 aromatic rings. The van der Waals surface area contributed by atoms with Gasteiger partial charge in [0.25, 0.3) is 0 Å². The lowest BCUT2D eigenvalue weighted by molar-refractivity contribution is -0.140. The molecule has 0 spiro atoms. The van der Waals surface area contributed by atoms with Crippen molar-refractivity contribution in [1.29, 1.82) is 0 Å². The lowest BCUT2D eigenvalue weighted by Gasteiger charge is -2.17. The third kappa shape index (κ3) is 6.59. The van der Waals surface area contributed by atoms with Gasteiger partial charge in [0, 0.05) is 0 Å². The molecule has 0 aromatic heterocycles. The van der Waals surface area contributed by atoms with Gasteiger partial charge in [-0.2, -0.15) is 0 Å². The molecule has 4 N–H and O–H groups in total. The molecule has 0 fully saturated rings. The second-order valence-corrected chi connectivity index (χ2v) is 5.63. The van der Waals surface area contributed by atoms with E-state index in [-0.39, 0.29) is 17.0 Å². The van der Waals surface area contributed by atoms with E-state index in [1.807, 2.05) is 12.1 Å². The van der Waals surface area contributed by atoms with Gasteiger partial charge in [-0.1, -0.05) is 60.7 Å². The summed E-state index contributed by atoms with van der Waals surface area (Å²) >= 11 is 0. The van der Waals surface area contributed by atoms with Gasteiger partial charge in [0.05, 0.1) is 0 Å². The van der Waals surface area contributed by atoms with Crippen molar-refractivity contribution in [1.82, 2.24) is 10.6 Å². The van der Waals surface area contributed by atoms with Crippen LogP contribution in [0.2, 0.25) is 0 Å². The second-order valence-electron chi connectivity index (χ2n) is 5.63. The Morgan fingerprint density at radius 2 is 1.08 bits per heavy atom. The minimum atomic E-state index is -0.938. The van der Waals surface area contributed by atoms with E-state index in [0.29, 0.717) is 30.6 Å². The number of carboxylic acids is 2. The third-order valence-electron chi connectivity index (χ3n) is 3.81. The summed E-state index contributed by atoms with van der Waals surface area (Å²) in [7, 11) is 0. The average molecular weight is 423 g/mol. The molecule has 140 valence electrons. The van der Waals surface area contributed by atoms with Gasteiger partial charge in [-0.05, 0) is 30.6 Å². The summed E-state index contributed by atoms with van der Waals surface area (Å²) < 4.78 is 0. The zero-order valence-electron chi connectivity index (χ0n) is 14.2. The summed E-state index contributed by atoms with van der Waals surface area (Å²) in [5, 5.41) is 24.7. The molecular formula is C19H23BrN2O4. The minimum Gasteiger partial charge on any atom is -0.480 e. The van der Waals surface area contributed by atoms with Crippen LogP contribution in [0.3, 0.4) is 0 Å². The Labute approximate surface area is 163 Å². The van der Waals surface area contributed by atoms with E-state index in [1.54, 1.807) is 48.5 Å². The molecule has 2 atom stereocenters. The molecular weight excluding hydrogens is 400 g/mol. The first-order valence-electron chi connectivity index (χ1n) is 8.12. The molecule has 0 saturated carbocycles. The maximum Gasteiger partial charge on any atom is 0.325 e. The van der Waals surface area contributed by atoms with Gasteiger partial charge in [-0.25, -0.2) is 0 Å².